The van der Waals surface area contributed by atoms with Crippen LogP contribution in [0.2, 0.25) is 0 Å². The van der Waals surface area contributed by atoms with Crippen molar-refractivity contribution in [2.75, 3.05) is 11.4 Å². The van der Waals surface area contributed by atoms with E-state index in [4.69, 9.17) is 5.11 Å². The molecule has 0 unspecified atom stereocenters. The maximum atomic E-state index is 12.5. The van der Waals surface area contributed by atoms with Crippen LogP contribution in [0, 0.1) is 6.92 Å². The van der Waals surface area contributed by atoms with E-state index in [1.807, 2.05) is 0 Å². The number of carbonyl (C=O) groups is 1. The molecule has 0 amide bonds. The number of pyridine rings is 1. The fraction of sp³-hybridized carbons (Fsp3) is 0.182. The summed E-state index contributed by atoms with van der Waals surface area (Å²) in [5.41, 5.74) is 0.0173. The normalized spacial score (nSPS) is 11.3. The minimum absolute atomic E-state index is 0.170. The number of hydrogen-bond acceptors (Lipinski definition) is 5. The molecule has 0 spiro atoms. The molecule has 0 aliphatic heterocycles. The predicted molar refractivity (Wildman–Crippen MR) is 70.1 cm³/mol. The van der Waals surface area contributed by atoms with Crippen molar-refractivity contribution in [3.05, 3.63) is 35.9 Å². The summed E-state index contributed by atoms with van der Waals surface area (Å²) < 4.78 is 26.0. The second-order valence-corrected chi connectivity index (χ2v) is 5.92. The van der Waals surface area contributed by atoms with E-state index in [2.05, 4.69) is 15.2 Å². The number of aromatic amines is 1. The summed E-state index contributed by atoms with van der Waals surface area (Å²) in [7, 11) is -2.69. The molecule has 20 heavy (non-hydrogen) atoms. The summed E-state index contributed by atoms with van der Waals surface area (Å²) in [5.74, 6) is -1.41. The van der Waals surface area contributed by atoms with Gasteiger partial charge in [-0.1, -0.05) is 0 Å². The predicted octanol–water partition coefficient (Wildman–Crippen LogP) is 0.636. The van der Waals surface area contributed by atoms with Crippen LogP contribution in [0.4, 0.5) is 5.69 Å². The van der Waals surface area contributed by atoms with Crippen molar-refractivity contribution in [1.82, 2.24) is 15.2 Å². The van der Waals surface area contributed by atoms with E-state index in [0.29, 0.717) is 5.69 Å². The van der Waals surface area contributed by atoms with Gasteiger partial charge >= 0.3 is 5.97 Å². The number of rotatable bonds is 4. The van der Waals surface area contributed by atoms with Crippen LogP contribution in [-0.4, -0.2) is 41.7 Å². The fourth-order valence-electron chi connectivity index (χ4n) is 1.71. The summed E-state index contributed by atoms with van der Waals surface area (Å²) in [6.07, 6.45) is 2.89. The molecule has 0 aliphatic carbocycles. The van der Waals surface area contributed by atoms with Gasteiger partial charge in [-0.15, -0.1) is 0 Å². The second-order valence-electron chi connectivity index (χ2n) is 4.01. The Balaban J connectivity index is 2.57. The first kappa shape index (κ1) is 14.0. The topological polar surface area (TPSA) is 116 Å². The molecule has 0 bridgehead atoms. The molecular weight excluding hydrogens is 284 g/mol. The number of aromatic nitrogens is 3. The Morgan fingerprint density at radius 2 is 1.95 bits per heavy atom. The van der Waals surface area contributed by atoms with Gasteiger partial charge < -0.3 is 5.11 Å². The SMILES string of the molecule is Cc1[nH]nc(C(=O)O)c1S(=O)(=O)N(C)c1ccncc1. The third kappa shape index (κ3) is 2.23. The van der Waals surface area contributed by atoms with Crippen molar-refractivity contribution >= 4 is 21.7 Å². The first-order valence-electron chi connectivity index (χ1n) is 5.53. The lowest BCUT2D eigenvalue weighted by molar-refractivity contribution is 0.0686. The zero-order valence-corrected chi connectivity index (χ0v) is 11.5. The fourth-order valence-corrected chi connectivity index (χ4v) is 3.19. The molecule has 2 N–H and O–H groups in total. The van der Waals surface area contributed by atoms with E-state index in [1.165, 1.54) is 38.5 Å². The van der Waals surface area contributed by atoms with Crippen molar-refractivity contribution in [3.63, 3.8) is 0 Å². The molecule has 2 aromatic heterocycles. The number of anilines is 1. The first-order chi connectivity index (χ1) is 9.35. The number of nitrogens with one attached hydrogen (secondary N) is 1. The van der Waals surface area contributed by atoms with Gasteiger partial charge in [-0.05, 0) is 19.1 Å². The maximum absolute atomic E-state index is 12.5. The van der Waals surface area contributed by atoms with E-state index in [1.54, 1.807) is 0 Å². The molecule has 0 radical (unpaired) electrons. The number of carboxylic acid groups (broad SMARTS) is 1. The lowest BCUT2D eigenvalue weighted by atomic mass is 10.4. The number of aryl methyl sites for hydroxylation is 1. The van der Waals surface area contributed by atoms with Crippen molar-refractivity contribution in [1.29, 1.82) is 0 Å². The maximum Gasteiger partial charge on any atom is 0.357 e. The quantitative estimate of drug-likeness (QED) is 0.855. The Bertz CT molecular complexity index is 739. The summed E-state index contributed by atoms with van der Waals surface area (Å²) >= 11 is 0. The molecule has 8 nitrogen and oxygen atoms in total. The van der Waals surface area contributed by atoms with Crippen LogP contribution in [-0.2, 0) is 10.0 Å². The Kier molecular flexibility index (Phi) is 3.45. The van der Waals surface area contributed by atoms with E-state index >= 15 is 0 Å². The van der Waals surface area contributed by atoms with Gasteiger partial charge in [0.05, 0.1) is 11.4 Å². The molecule has 2 rings (SSSR count). The monoisotopic (exact) mass is 296 g/mol. The molecule has 9 heteroatoms. The molecule has 0 aromatic carbocycles. The highest BCUT2D eigenvalue weighted by atomic mass is 32.2. The van der Waals surface area contributed by atoms with Gasteiger partial charge in [-0.3, -0.25) is 14.4 Å². The Hall–Kier alpha value is -2.42. The highest BCUT2D eigenvalue weighted by Gasteiger charge is 2.31. The summed E-state index contributed by atoms with van der Waals surface area (Å²) in [6, 6.07) is 3.01. The standard InChI is InChI=1S/C11H12N4O4S/c1-7-10(9(11(16)17)14-13-7)20(18,19)15(2)8-3-5-12-6-4-8/h3-6H,1-2H3,(H,13,14)(H,16,17). The summed E-state index contributed by atoms with van der Waals surface area (Å²) in [6.45, 7) is 1.45. The minimum atomic E-state index is -4.02. The molecule has 0 aliphatic rings. The van der Waals surface area contributed by atoms with Crippen LogP contribution in [0.5, 0.6) is 0 Å². The highest BCUT2D eigenvalue weighted by molar-refractivity contribution is 7.93. The molecule has 106 valence electrons. The van der Waals surface area contributed by atoms with Gasteiger partial charge in [-0.25, -0.2) is 13.2 Å². The Labute approximate surface area is 115 Å². The van der Waals surface area contributed by atoms with Gasteiger partial charge in [-0.2, -0.15) is 5.10 Å². The number of H-pyrrole nitrogens is 1. The highest BCUT2D eigenvalue weighted by Crippen LogP contribution is 2.25. The van der Waals surface area contributed by atoms with Crippen LogP contribution >= 0.6 is 0 Å². The first-order valence-corrected chi connectivity index (χ1v) is 6.97. The second kappa shape index (κ2) is 4.93. The zero-order chi connectivity index (χ0) is 14.9. The van der Waals surface area contributed by atoms with Crippen LogP contribution in [0.1, 0.15) is 16.2 Å². The molecule has 0 fully saturated rings. The van der Waals surface area contributed by atoms with Crippen LogP contribution < -0.4 is 4.31 Å². The van der Waals surface area contributed by atoms with Gasteiger partial charge in [0, 0.05) is 19.4 Å². The number of carboxylic acids is 1. The lowest BCUT2D eigenvalue weighted by Gasteiger charge is -2.19. The van der Waals surface area contributed by atoms with Gasteiger partial charge in [0.1, 0.15) is 4.90 Å². The summed E-state index contributed by atoms with van der Waals surface area (Å²) in [5, 5.41) is 14.9. The lowest BCUT2D eigenvalue weighted by Crippen LogP contribution is -2.28. The third-order valence-electron chi connectivity index (χ3n) is 2.74. The van der Waals surface area contributed by atoms with Crippen molar-refractivity contribution in [3.8, 4) is 0 Å². The minimum Gasteiger partial charge on any atom is -0.476 e. The molecule has 2 aromatic rings. The third-order valence-corrected chi connectivity index (χ3v) is 4.69. The Morgan fingerprint density at radius 3 is 2.50 bits per heavy atom. The smallest absolute Gasteiger partial charge is 0.357 e. The van der Waals surface area contributed by atoms with E-state index in [9.17, 15) is 13.2 Å². The number of aromatic carboxylic acids is 1. The average Bonchev–Trinajstić information content (AvgIpc) is 2.81. The number of hydrogen-bond donors (Lipinski definition) is 2. The van der Waals surface area contributed by atoms with Crippen LogP contribution in [0.25, 0.3) is 0 Å². The van der Waals surface area contributed by atoms with E-state index in [-0.39, 0.29) is 10.6 Å². The van der Waals surface area contributed by atoms with E-state index in [0.717, 1.165) is 4.31 Å². The number of sulfonamides is 1. The Morgan fingerprint density at radius 1 is 1.35 bits per heavy atom. The zero-order valence-electron chi connectivity index (χ0n) is 10.7. The van der Waals surface area contributed by atoms with Crippen molar-refractivity contribution in [2.45, 2.75) is 11.8 Å². The molecule has 0 atom stereocenters. The number of nitrogens with zero attached hydrogens (tertiary/aromatic N) is 3. The van der Waals surface area contributed by atoms with Crippen molar-refractivity contribution < 1.29 is 18.3 Å². The van der Waals surface area contributed by atoms with Gasteiger partial charge in [0.15, 0.2) is 5.69 Å². The molecule has 0 saturated heterocycles. The average molecular weight is 296 g/mol. The van der Waals surface area contributed by atoms with E-state index < -0.39 is 21.7 Å². The van der Waals surface area contributed by atoms with Crippen molar-refractivity contribution in [2.24, 2.45) is 0 Å². The van der Waals surface area contributed by atoms with Gasteiger partial charge in [0.25, 0.3) is 10.0 Å². The molecular formula is C11H12N4O4S. The van der Waals surface area contributed by atoms with Crippen LogP contribution in [0.3, 0.4) is 0 Å². The van der Waals surface area contributed by atoms with Gasteiger partial charge in [0.2, 0.25) is 0 Å². The van der Waals surface area contributed by atoms with Crippen LogP contribution in [0.15, 0.2) is 29.4 Å². The molecule has 0 saturated carbocycles. The molecule has 2 heterocycles. The summed E-state index contributed by atoms with van der Waals surface area (Å²) in [4.78, 5) is 14.5. The largest absolute Gasteiger partial charge is 0.476 e.